The zero-order chi connectivity index (χ0) is 13.4. The minimum absolute atomic E-state index is 0.338. The van der Waals surface area contributed by atoms with Gasteiger partial charge in [-0.05, 0) is 24.1 Å². The second kappa shape index (κ2) is 7.33. The smallest absolute Gasteiger partial charge is 0.303 e. The van der Waals surface area contributed by atoms with Crippen LogP contribution in [0.3, 0.4) is 0 Å². The molecule has 0 fully saturated rings. The Balaban J connectivity index is 2.85. The molecule has 96 valence electrons. The third-order valence-electron chi connectivity index (χ3n) is 2.27. The largest absolute Gasteiger partial charge is 0.501 e. The zero-order valence-corrected chi connectivity index (χ0v) is 10.8. The molecule has 1 aromatic carbocycles. The van der Waals surface area contributed by atoms with E-state index < -0.39 is 6.10 Å². The Hall–Kier alpha value is -2.03. The molecule has 0 aliphatic carbocycles. The molecule has 3 nitrogen and oxygen atoms in total. The van der Waals surface area contributed by atoms with Crippen LogP contribution in [0.1, 0.15) is 25.5 Å². The van der Waals surface area contributed by atoms with Gasteiger partial charge in [-0.3, -0.25) is 4.79 Å². The van der Waals surface area contributed by atoms with Crippen molar-refractivity contribution in [3.63, 3.8) is 0 Å². The standard InChI is InChI=1S/C15H18O3/c1-4-17-11-10-12(2)15(18-13(3)16)14-8-6-5-7-9-14/h5-11,15H,2,4H2,1,3H3/b11-10+/t15-/m1/s1. The lowest BCUT2D eigenvalue weighted by atomic mass is 10.0. The number of carbonyl (C=O) groups excluding carboxylic acids is 1. The summed E-state index contributed by atoms with van der Waals surface area (Å²) in [5.41, 5.74) is 1.56. The fourth-order valence-corrected chi connectivity index (χ4v) is 1.47. The molecule has 0 saturated carbocycles. The predicted molar refractivity (Wildman–Crippen MR) is 70.9 cm³/mol. The molecule has 0 amide bonds. The van der Waals surface area contributed by atoms with Gasteiger partial charge in [-0.2, -0.15) is 0 Å². The fraction of sp³-hybridized carbons (Fsp3) is 0.267. The first kappa shape index (κ1) is 14.0. The third kappa shape index (κ3) is 4.45. The van der Waals surface area contributed by atoms with Crippen molar-refractivity contribution >= 4 is 5.97 Å². The molecule has 0 aliphatic rings. The summed E-state index contributed by atoms with van der Waals surface area (Å²) < 4.78 is 10.4. The average Bonchev–Trinajstić information content (AvgIpc) is 2.37. The van der Waals surface area contributed by atoms with Crippen LogP contribution >= 0.6 is 0 Å². The molecule has 0 radical (unpaired) electrons. The van der Waals surface area contributed by atoms with Gasteiger partial charge < -0.3 is 9.47 Å². The number of benzene rings is 1. The van der Waals surface area contributed by atoms with Gasteiger partial charge in [0, 0.05) is 6.92 Å². The molecular weight excluding hydrogens is 228 g/mol. The van der Waals surface area contributed by atoms with Crippen molar-refractivity contribution in [2.45, 2.75) is 20.0 Å². The van der Waals surface area contributed by atoms with Crippen LogP contribution in [0.2, 0.25) is 0 Å². The Morgan fingerprint density at radius 3 is 2.61 bits per heavy atom. The first-order valence-corrected chi connectivity index (χ1v) is 5.84. The van der Waals surface area contributed by atoms with Crippen LogP contribution in [0.15, 0.2) is 54.8 Å². The fourth-order valence-electron chi connectivity index (χ4n) is 1.47. The summed E-state index contributed by atoms with van der Waals surface area (Å²) in [5, 5.41) is 0. The number of hydrogen-bond donors (Lipinski definition) is 0. The van der Waals surface area contributed by atoms with E-state index in [1.807, 2.05) is 37.3 Å². The number of ether oxygens (including phenoxy) is 2. The quantitative estimate of drug-likeness (QED) is 0.438. The number of rotatable bonds is 6. The van der Waals surface area contributed by atoms with E-state index in [9.17, 15) is 4.79 Å². The van der Waals surface area contributed by atoms with Crippen molar-refractivity contribution in [1.29, 1.82) is 0 Å². The summed E-state index contributed by atoms with van der Waals surface area (Å²) in [4.78, 5) is 11.1. The Bertz CT molecular complexity index is 421. The van der Waals surface area contributed by atoms with Crippen LogP contribution in [-0.4, -0.2) is 12.6 Å². The van der Waals surface area contributed by atoms with Gasteiger partial charge in [0.05, 0.1) is 12.9 Å². The van der Waals surface area contributed by atoms with Gasteiger partial charge in [0.15, 0.2) is 6.10 Å². The van der Waals surface area contributed by atoms with E-state index in [0.29, 0.717) is 12.2 Å². The van der Waals surface area contributed by atoms with Gasteiger partial charge >= 0.3 is 5.97 Å². The van der Waals surface area contributed by atoms with Gasteiger partial charge in [0.2, 0.25) is 0 Å². The number of hydrogen-bond acceptors (Lipinski definition) is 3. The van der Waals surface area contributed by atoms with Crippen molar-refractivity contribution in [3.05, 3.63) is 60.4 Å². The molecule has 0 unspecified atom stereocenters. The van der Waals surface area contributed by atoms with Gasteiger partial charge in [-0.1, -0.05) is 36.9 Å². The second-order valence-electron chi connectivity index (χ2n) is 3.73. The van der Waals surface area contributed by atoms with Crippen LogP contribution in [-0.2, 0) is 14.3 Å². The topological polar surface area (TPSA) is 35.5 Å². The van der Waals surface area contributed by atoms with Gasteiger partial charge in [0.25, 0.3) is 0 Å². The minimum Gasteiger partial charge on any atom is -0.501 e. The van der Waals surface area contributed by atoms with Crippen molar-refractivity contribution in [2.75, 3.05) is 6.61 Å². The summed E-state index contributed by atoms with van der Waals surface area (Å²) in [5.74, 6) is -0.338. The molecule has 0 N–H and O–H groups in total. The van der Waals surface area contributed by atoms with Crippen LogP contribution in [0.25, 0.3) is 0 Å². The highest BCUT2D eigenvalue weighted by Crippen LogP contribution is 2.25. The predicted octanol–water partition coefficient (Wildman–Crippen LogP) is 3.40. The minimum atomic E-state index is -0.472. The van der Waals surface area contributed by atoms with E-state index >= 15 is 0 Å². The molecule has 0 bridgehead atoms. The molecule has 0 spiro atoms. The van der Waals surface area contributed by atoms with E-state index in [4.69, 9.17) is 9.47 Å². The van der Waals surface area contributed by atoms with Crippen LogP contribution in [0, 0.1) is 0 Å². The lowest BCUT2D eigenvalue weighted by Crippen LogP contribution is -2.09. The summed E-state index contributed by atoms with van der Waals surface area (Å²) in [6, 6.07) is 9.49. The van der Waals surface area contributed by atoms with E-state index in [1.165, 1.54) is 6.92 Å². The van der Waals surface area contributed by atoms with Crippen LogP contribution in [0.5, 0.6) is 0 Å². The SMILES string of the molecule is C=C(/C=C/OCC)[C@@H](OC(C)=O)c1ccccc1. The highest BCUT2D eigenvalue weighted by Gasteiger charge is 2.16. The summed E-state index contributed by atoms with van der Waals surface area (Å²) >= 11 is 0. The van der Waals surface area contributed by atoms with Gasteiger partial charge in [-0.25, -0.2) is 0 Å². The summed E-state index contributed by atoms with van der Waals surface area (Å²) in [6.07, 6.45) is 2.80. The van der Waals surface area contributed by atoms with Crippen LogP contribution in [0.4, 0.5) is 0 Å². The Labute approximate surface area is 108 Å². The third-order valence-corrected chi connectivity index (χ3v) is 2.27. The molecular formula is C15H18O3. The molecule has 0 aromatic heterocycles. The zero-order valence-electron chi connectivity index (χ0n) is 10.8. The maximum Gasteiger partial charge on any atom is 0.303 e. The van der Waals surface area contributed by atoms with Crippen molar-refractivity contribution in [3.8, 4) is 0 Å². The van der Waals surface area contributed by atoms with Gasteiger partial charge in [-0.15, -0.1) is 0 Å². The maximum atomic E-state index is 11.1. The molecule has 0 heterocycles. The number of carbonyl (C=O) groups is 1. The number of esters is 1. The molecule has 0 aliphatic heterocycles. The lowest BCUT2D eigenvalue weighted by Gasteiger charge is -2.17. The molecule has 1 aromatic rings. The first-order chi connectivity index (χ1) is 8.65. The molecule has 1 rings (SSSR count). The van der Waals surface area contributed by atoms with Crippen molar-refractivity contribution < 1.29 is 14.3 Å². The Morgan fingerprint density at radius 1 is 1.39 bits per heavy atom. The molecule has 0 saturated heterocycles. The second-order valence-corrected chi connectivity index (χ2v) is 3.73. The molecule has 3 heteroatoms. The van der Waals surface area contributed by atoms with E-state index in [2.05, 4.69) is 6.58 Å². The average molecular weight is 246 g/mol. The summed E-state index contributed by atoms with van der Waals surface area (Å²) in [6.45, 7) is 7.78. The molecule has 1 atom stereocenters. The monoisotopic (exact) mass is 246 g/mol. The molecule has 18 heavy (non-hydrogen) atoms. The Kier molecular flexibility index (Phi) is 5.71. The van der Waals surface area contributed by atoms with Crippen molar-refractivity contribution in [1.82, 2.24) is 0 Å². The van der Waals surface area contributed by atoms with Crippen molar-refractivity contribution in [2.24, 2.45) is 0 Å². The first-order valence-electron chi connectivity index (χ1n) is 5.84. The normalized spacial score (nSPS) is 12.1. The van der Waals surface area contributed by atoms with E-state index in [1.54, 1.807) is 12.3 Å². The van der Waals surface area contributed by atoms with Crippen LogP contribution < -0.4 is 0 Å². The van der Waals surface area contributed by atoms with Gasteiger partial charge in [0.1, 0.15) is 0 Å². The van der Waals surface area contributed by atoms with E-state index in [0.717, 1.165) is 5.56 Å². The maximum absolute atomic E-state index is 11.1. The summed E-state index contributed by atoms with van der Waals surface area (Å²) in [7, 11) is 0. The lowest BCUT2D eigenvalue weighted by molar-refractivity contribution is -0.144. The Morgan fingerprint density at radius 2 is 2.06 bits per heavy atom. The highest BCUT2D eigenvalue weighted by molar-refractivity contribution is 5.67. The van der Waals surface area contributed by atoms with E-state index in [-0.39, 0.29) is 5.97 Å². The highest BCUT2D eigenvalue weighted by atomic mass is 16.5.